The van der Waals surface area contributed by atoms with Gasteiger partial charge in [-0.3, -0.25) is 4.79 Å². The summed E-state index contributed by atoms with van der Waals surface area (Å²) in [5.41, 5.74) is 7.75. The average Bonchev–Trinajstić information content (AvgIpc) is 2.48. The molecule has 1 aromatic carbocycles. The van der Waals surface area contributed by atoms with E-state index in [2.05, 4.69) is 11.8 Å². The summed E-state index contributed by atoms with van der Waals surface area (Å²) in [6, 6.07) is 7.78. The third kappa shape index (κ3) is 3.65. The number of nitrogens with zero attached hydrogens (tertiary/aromatic N) is 2. The molecule has 1 aromatic rings. The lowest BCUT2D eigenvalue weighted by molar-refractivity contribution is -0.130. The number of carbonyl (C=O) groups excluding carboxylic acids is 1. The number of rotatable bonds is 5. The summed E-state index contributed by atoms with van der Waals surface area (Å²) in [4.78, 5) is 16.5. The van der Waals surface area contributed by atoms with Gasteiger partial charge in [-0.2, -0.15) is 0 Å². The normalized spacial score (nSPS) is 15.2. The van der Waals surface area contributed by atoms with Gasteiger partial charge in [-0.1, -0.05) is 19.1 Å². The molecule has 0 saturated carbocycles. The van der Waals surface area contributed by atoms with Crippen molar-refractivity contribution in [3.63, 3.8) is 0 Å². The Kier molecular flexibility index (Phi) is 5.27. The van der Waals surface area contributed by atoms with Crippen LogP contribution in [0.25, 0.3) is 0 Å². The largest absolute Gasteiger partial charge is 0.397 e. The molecule has 4 heteroatoms. The summed E-state index contributed by atoms with van der Waals surface area (Å²) < 4.78 is 0. The predicted octanol–water partition coefficient (Wildman–Crippen LogP) is 2.50. The van der Waals surface area contributed by atoms with Gasteiger partial charge in [-0.25, -0.2) is 0 Å². The molecule has 0 aromatic heterocycles. The number of hydrogen-bond acceptors (Lipinski definition) is 3. The van der Waals surface area contributed by atoms with E-state index in [1.54, 1.807) is 0 Å². The Bertz CT molecular complexity index is 441. The third-order valence-corrected chi connectivity index (χ3v) is 3.81. The molecule has 0 spiro atoms. The van der Waals surface area contributed by atoms with Crippen molar-refractivity contribution in [1.29, 1.82) is 0 Å². The average molecular weight is 275 g/mol. The van der Waals surface area contributed by atoms with E-state index in [0.717, 1.165) is 50.3 Å². The molecule has 0 atom stereocenters. The Morgan fingerprint density at radius 2 is 1.95 bits per heavy atom. The van der Waals surface area contributed by atoms with Gasteiger partial charge in [0.2, 0.25) is 5.91 Å². The number of benzene rings is 1. The quantitative estimate of drug-likeness (QED) is 0.840. The minimum absolute atomic E-state index is 0.224. The van der Waals surface area contributed by atoms with Gasteiger partial charge in [-0.15, -0.1) is 0 Å². The van der Waals surface area contributed by atoms with Crippen LogP contribution < -0.4 is 10.6 Å². The molecule has 0 radical (unpaired) electrons. The second-order valence-electron chi connectivity index (χ2n) is 5.42. The van der Waals surface area contributed by atoms with Crippen LogP contribution in [-0.2, 0) is 4.79 Å². The Hall–Kier alpha value is -1.71. The molecule has 4 nitrogen and oxygen atoms in total. The van der Waals surface area contributed by atoms with E-state index in [9.17, 15) is 4.79 Å². The molecule has 0 unspecified atom stereocenters. The molecule has 2 rings (SSSR count). The van der Waals surface area contributed by atoms with Gasteiger partial charge in [0, 0.05) is 19.6 Å². The zero-order chi connectivity index (χ0) is 14.4. The molecule has 2 N–H and O–H groups in total. The fourth-order valence-electron chi connectivity index (χ4n) is 2.74. The molecule has 110 valence electrons. The van der Waals surface area contributed by atoms with Crippen LogP contribution in [0.5, 0.6) is 0 Å². The van der Waals surface area contributed by atoms with Crippen molar-refractivity contribution in [3.05, 3.63) is 24.3 Å². The molecule has 1 aliphatic heterocycles. The topological polar surface area (TPSA) is 49.6 Å². The maximum Gasteiger partial charge on any atom is 0.242 e. The van der Waals surface area contributed by atoms with Crippen LogP contribution >= 0.6 is 0 Å². The molecule has 0 bridgehead atoms. The lowest BCUT2D eigenvalue weighted by Gasteiger charge is -2.31. The first-order chi connectivity index (χ1) is 9.72. The van der Waals surface area contributed by atoms with Crippen molar-refractivity contribution < 1.29 is 4.79 Å². The summed E-state index contributed by atoms with van der Waals surface area (Å²) in [7, 11) is 0. The number of anilines is 2. The van der Waals surface area contributed by atoms with E-state index in [1.165, 1.54) is 6.42 Å². The van der Waals surface area contributed by atoms with Crippen molar-refractivity contribution in [2.75, 3.05) is 36.8 Å². The van der Waals surface area contributed by atoms with Crippen molar-refractivity contribution >= 4 is 17.3 Å². The summed E-state index contributed by atoms with van der Waals surface area (Å²) in [5, 5.41) is 0. The minimum atomic E-state index is 0.224. The van der Waals surface area contributed by atoms with Gasteiger partial charge < -0.3 is 15.5 Å². The van der Waals surface area contributed by atoms with Crippen LogP contribution in [0.3, 0.4) is 0 Å². The van der Waals surface area contributed by atoms with Crippen LogP contribution in [0.4, 0.5) is 11.4 Å². The van der Waals surface area contributed by atoms with Crippen LogP contribution in [0.15, 0.2) is 24.3 Å². The van der Waals surface area contributed by atoms with Gasteiger partial charge in [-0.05, 0) is 37.8 Å². The zero-order valence-electron chi connectivity index (χ0n) is 12.3. The smallest absolute Gasteiger partial charge is 0.242 e. The Labute approximate surface area is 121 Å². The zero-order valence-corrected chi connectivity index (χ0v) is 12.3. The molecule has 1 saturated heterocycles. The summed E-state index contributed by atoms with van der Waals surface area (Å²) >= 11 is 0. The lowest BCUT2D eigenvalue weighted by Crippen LogP contribution is -2.43. The third-order valence-electron chi connectivity index (χ3n) is 3.81. The molecule has 1 aliphatic rings. The van der Waals surface area contributed by atoms with E-state index in [1.807, 2.05) is 29.2 Å². The second kappa shape index (κ2) is 7.17. The number of para-hydroxylation sites is 2. The summed E-state index contributed by atoms with van der Waals surface area (Å²) in [6.07, 6.45) is 4.51. The van der Waals surface area contributed by atoms with E-state index >= 15 is 0 Å². The van der Waals surface area contributed by atoms with Crippen molar-refractivity contribution in [3.8, 4) is 0 Å². The highest BCUT2D eigenvalue weighted by Gasteiger charge is 2.20. The number of piperidine rings is 1. The molecule has 1 fully saturated rings. The second-order valence-corrected chi connectivity index (χ2v) is 5.42. The fourth-order valence-corrected chi connectivity index (χ4v) is 2.74. The number of hydrogen-bond donors (Lipinski definition) is 1. The number of nitrogen functional groups attached to an aromatic ring is 1. The minimum Gasteiger partial charge on any atom is -0.397 e. The van der Waals surface area contributed by atoms with Crippen LogP contribution in [0.1, 0.15) is 32.6 Å². The Morgan fingerprint density at radius 1 is 1.25 bits per heavy atom. The van der Waals surface area contributed by atoms with Crippen LogP contribution in [0, 0.1) is 0 Å². The lowest BCUT2D eigenvalue weighted by atomic mass is 10.1. The van der Waals surface area contributed by atoms with E-state index in [0.29, 0.717) is 6.54 Å². The highest BCUT2D eigenvalue weighted by Crippen LogP contribution is 2.23. The first-order valence-corrected chi connectivity index (χ1v) is 7.59. The first kappa shape index (κ1) is 14.7. The molecule has 0 aliphatic carbocycles. The monoisotopic (exact) mass is 275 g/mol. The maximum absolute atomic E-state index is 12.4. The van der Waals surface area contributed by atoms with E-state index in [4.69, 9.17) is 5.73 Å². The molecule has 1 heterocycles. The fraction of sp³-hybridized carbons (Fsp3) is 0.562. The van der Waals surface area contributed by atoms with Crippen molar-refractivity contribution in [2.24, 2.45) is 0 Å². The SMILES string of the molecule is CCCN(CC(=O)N1CCCCC1)c1ccccc1N. The van der Waals surface area contributed by atoms with Gasteiger partial charge in [0.05, 0.1) is 17.9 Å². The van der Waals surface area contributed by atoms with Crippen LogP contribution in [0.2, 0.25) is 0 Å². The number of amides is 1. The van der Waals surface area contributed by atoms with Gasteiger partial charge in [0.1, 0.15) is 0 Å². The number of carbonyl (C=O) groups is 1. The molecular weight excluding hydrogens is 250 g/mol. The number of likely N-dealkylation sites (tertiary alicyclic amines) is 1. The summed E-state index contributed by atoms with van der Waals surface area (Å²) in [6.45, 7) is 5.22. The first-order valence-electron chi connectivity index (χ1n) is 7.59. The van der Waals surface area contributed by atoms with Gasteiger partial charge in [0.25, 0.3) is 0 Å². The van der Waals surface area contributed by atoms with Crippen molar-refractivity contribution in [2.45, 2.75) is 32.6 Å². The van der Waals surface area contributed by atoms with E-state index < -0.39 is 0 Å². The van der Waals surface area contributed by atoms with Crippen LogP contribution in [-0.4, -0.2) is 37.0 Å². The molecular formula is C16H25N3O. The highest BCUT2D eigenvalue weighted by molar-refractivity contribution is 5.83. The van der Waals surface area contributed by atoms with Crippen molar-refractivity contribution in [1.82, 2.24) is 4.90 Å². The highest BCUT2D eigenvalue weighted by atomic mass is 16.2. The molecule has 1 amide bonds. The number of nitrogens with two attached hydrogens (primary N) is 1. The Morgan fingerprint density at radius 3 is 2.60 bits per heavy atom. The predicted molar refractivity (Wildman–Crippen MR) is 83.8 cm³/mol. The Balaban J connectivity index is 2.05. The summed E-state index contributed by atoms with van der Waals surface area (Å²) in [5.74, 6) is 0.224. The maximum atomic E-state index is 12.4. The van der Waals surface area contributed by atoms with E-state index in [-0.39, 0.29) is 5.91 Å². The molecule has 20 heavy (non-hydrogen) atoms. The van der Waals surface area contributed by atoms with Gasteiger partial charge in [0.15, 0.2) is 0 Å². The standard InChI is InChI=1S/C16H25N3O/c1-2-10-19(15-9-5-4-8-14(15)17)13-16(20)18-11-6-3-7-12-18/h4-5,8-9H,2-3,6-7,10-13,17H2,1H3. The van der Waals surface area contributed by atoms with Gasteiger partial charge >= 0.3 is 0 Å².